The van der Waals surface area contributed by atoms with E-state index < -0.39 is 23.5 Å². The molecule has 198 valence electrons. The molecule has 0 saturated heterocycles. The number of alkyl halides is 6. The average molecular weight is 526 g/mol. The Balaban J connectivity index is 1.81. The Morgan fingerprint density at radius 1 is 0.865 bits per heavy atom. The summed E-state index contributed by atoms with van der Waals surface area (Å²) < 4.78 is 82.5. The van der Waals surface area contributed by atoms with Gasteiger partial charge < -0.3 is 14.4 Å². The van der Waals surface area contributed by atoms with E-state index in [-0.39, 0.29) is 30.7 Å². The van der Waals surface area contributed by atoms with Crippen LogP contribution in [-0.2, 0) is 39.5 Å². The maximum atomic E-state index is 13.4. The van der Waals surface area contributed by atoms with E-state index in [1.807, 2.05) is 30.7 Å². The molecule has 0 aliphatic carbocycles. The summed E-state index contributed by atoms with van der Waals surface area (Å²) >= 11 is 0. The number of fused-ring (bicyclic) bond motifs is 1. The number of aryl methyl sites for hydroxylation is 3. The minimum absolute atomic E-state index is 0.0440. The zero-order chi connectivity index (χ0) is 27.3. The highest BCUT2D eigenvalue weighted by Gasteiger charge is 2.37. The number of rotatable bonds is 6. The molecule has 8 nitrogen and oxygen atoms in total. The van der Waals surface area contributed by atoms with E-state index in [2.05, 4.69) is 15.4 Å². The molecule has 0 fully saturated rings. The minimum Gasteiger partial charge on any atom is -0.362 e. The summed E-state index contributed by atoms with van der Waals surface area (Å²) in [5.74, 6) is 0.630. The van der Waals surface area contributed by atoms with Gasteiger partial charge in [-0.2, -0.15) is 31.1 Å². The molecule has 0 N–H and O–H groups in total. The summed E-state index contributed by atoms with van der Waals surface area (Å²) in [6.07, 6.45) is -9.91. The molecule has 0 atom stereocenters. The van der Waals surface area contributed by atoms with Crippen molar-refractivity contribution in [2.45, 2.75) is 32.4 Å². The van der Waals surface area contributed by atoms with Crippen molar-refractivity contribution in [3.63, 3.8) is 0 Å². The first-order valence-corrected chi connectivity index (χ1v) is 11.0. The van der Waals surface area contributed by atoms with Gasteiger partial charge in [0.05, 0.1) is 18.2 Å². The predicted molar refractivity (Wildman–Crippen MR) is 125 cm³/mol. The van der Waals surface area contributed by atoms with Crippen LogP contribution in [0.4, 0.5) is 38.1 Å². The van der Waals surface area contributed by atoms with Crippen molar-refractivity contribution in [1.29, 1.82) is 0 Å². The number of anilines is 2. The van der Waals surface area contributed by atoms with Crippen molar-refractivity contribution in [3.8, 4) is 0 Å². The van der Waals surface area contributed by atoms with Crippen molar-refractivity contribution >= 4 is 22.8 Å². The number of nitrogens with zero attached hydrogens (tertiary/aromatic N) is 8. The molecular formula is C23H24F6N8. The Kier molecular flexibility index (Phi) is 6.54. The first-order chi connectivity index (χ1) is 17.1. The molecule has 0 unspecified atom stereocenters. The molecule has 4 aromatic rings. The van der Waals surface area contributed by atoms with E-state index in [0.717, 1.165) is 21.5 Å². The molecule has 0 aliphatic heterocycles. The summed E-state index contributed by atoms with van der Waals surface area (Å²) in [6, 6.07) is 5.34. The van der Waals surface area contributed by atoms with Crippen LogP contribution in [0.5, 0.6) is 0 Å². The van der Waals surface area contributed by atoms with Crippen LogP contribution in [0, 0.1) is 6.92 Å². The standard InChI is InChI=1S/C23H24F6N8/c1-13-6-15-9-16(19(34(2)3)30-20(15)35(13)4)12-37(21-31-33-36(5)32-21)11-14-7-17(22(24,25)26)10-18(8-14)23(27,28)29/h6-10H,11-12H2,1-5H3. The molecular weight excluding hydrogens is 502 g/mol. The molecule has 0 aliphatic rings. The van der Waals surface area contributed by atoms with E-state index >= 15 is 0 Å². The van der Waals surface area contributed by atoms with Gasteiger partial charge in [-0.05, 0) is 48.0 Å². The molecule has 14 heteroatoms. The first kappa shape index (κ1) is 26.2. The van der Waals surface area contributed by atoms with Crippen LogP contribution >= 0.6 is 0 Å². The Labute approximate surface area is 208 Å². The van der Waals surface area contributed by atoms with Crippen molar-refractivity contribution in [3.05, 3.63) is 58.3 Å². The largest absolute Gasteiger partial charge is 0.416 e. The van der Waals surface area contributed by atoms with Crippen LogP contribution in [-0.4, -0.2) is 43.9 Å². The molecule has 0 bridgehead atoms. The van der Waals surface area contributed by atoms with Crippen molar-refractivity contribution in [2.75, 3.05) is 23.9 Å². The second-order valence-electron chi connectivity index (χ2n) is 8.97. The highest BCUT2D eigenvalue weighted by Crippen LogP contribution is 2.37. The third-order valence-electron chi connectivity index (χ3n) is 5.88. The number of tetrazole rings is 1. The third kappa shape index (κ3) is 5.47. The molecule has 3 aromatic heterocycles. The summed E-state index contributed by atoms with van der Waals surface area (Å²) in [5, 5.41) is 12.7. The minimum atomic E-state index is -4.95. The maximum absolute atomic E-state index is 13.4. The zero-order valence-electron chi connectivity index (χ0n) is 20.6. The van der Waals surface area contributed by atoms with Crippen LogP contribution in [0.25, 0.3) is 11.0 Å². The Bertz CT molecular complexity index is 1400. The highest BCUT2D eigenvalue weighted by atomic mass is 19.4. The van der Waals surface area contributed by atoms with Gasteiger partial charge in [-0.1, -0.05) is 5.10 Å². The van der Waals surface area contributed by atoms with Gasteiger partial charge in [0.1, 0.15) is 11.5 Å². The van der Waals surface area contributed by atoms with Crippen molar-refractivity contribution in [1.82, 2.24) is 29.8 Å². The molecule has 37 heavy (non-hydrogen) atoms. The van der Waals surface area contributed by atoms with E-state index in [4.69, 9.17) is 4.98 Å². The molecule has 0 saturated carbocycles. The number of hydrogen-bond acceptors (Lipinski definition) is 6. The van der Waals surface area contributed by atoms with Gasteiger partial charge in [0.2, 0.25) is 0 Å². The van der Waals surface area contributed by atoms with E-state index in [9.17, 15) is 26.3 Å². The lowest BCUT2D eigenvalue weighted by molar-refractivity contribution is -0.143. The van der Waals surface area contributed by atoms with Crippen LogP contribution in [0.3, 0.4) is 0 Å². The molecule has 0 spiro atoms. The van der Waals surface area contributed by atoms with E-state index in [1.165, 1.54) is 11.9 Å². The highest BCUT2D eigenvalue weighted by molar-refractivity contribution is 5.81. The summed E-state index contributed by atoms with van der Waals surface area (Å²) in [6.45, 7) is 1.64. The van der Waals surface area contributed by atoms with Gasteiger partial charge in [0.15, 0.2) is 0 Å². The van der Waals surface area contributed by atoms with Crippen LogP contribution in [0.1, 0.15) is 27.9 Å². The summed E-state index contributed by atoms with van der Waals surface area (Å²) in [5.41, 5.74) is -0.589. The fourth-order valence-electron chi connectivity index (χ4n) is 4.06. The number of pyridine rings is 1. The third-order valence-corrected chi connectivity index (χ3v) is 5.88. The smallest absolute Gasteiger partial charge is 0.362 e. The summed E-state index contributed by atoms with van der Waals surface area (Å²) in [7, 11) is 6.97. The predicted octanol–water partition coefficient (Wildman–Crippen LogP) is 4.72. The van der Waals surface area contributed by atoms with Gasteiger partial charge in [0, 0.05) is 50.9 Å². The molecule has 1 aromatic carbocycles. The Morgan fingerprint density at radius 2 is 1.49 bits per heavy atom. The second-order valence-corrected chi connectivity index (χ2v) is 8.97. The molecule has 3 heterocycles. The monoisotopic (exact) mass is 526 g/mol. The summed E-state index contributed by atoms with van der Waals surface area (Å²) in [4.78, 5) is 9.16. The lowest BCUT2D eigenvalue weighted by Crippen LogP contribution is -2.26. The fourth-order valence-corrected chi connectivity index (χ4v) is 4.06. The van der Waals surface area contributed by atoms with Crippen LogP contribution < -0.4 is 9.80 Å². The topological polar surface area (TPSA) is 67.9 Å². The Hall–Kier alpha value is -3.84. The number of aromatic nitrogens is 6. The van der Waals surface area contributed by atoms with Gasteiger partial charge in [0.25, 0.3) is 5.95 Å². The average Bonchev–Trinajstić information content (AvgIpc) is 3.34. The van der Waals surface area contributed by atoms with Crippen LogP contribution in [0.15, 0.2) is 30.3 Å². The molecule has 4 rings (SSSR count). The number of benzene rings is 1. The molecule has 0 amide bonds. The molecule has 0 radical (unpaired) electrons. The normalized spacial score (nSPS) is 12.4. The van der Waals surface area contributed by atoms with Crippen molar-refractivity contribution < 1.29 is 26.3 Å². The van der Waals surface area contributed by atoms with Gasteiger partial charge in [-0.15, -0.1) is 5.10 Å². The fraction of sp³-hybridized carbons (Fsp3) is 0.391. The zero-order valence-corrected chi connectivity index (χ0v) is 20.6. The second kappa shape index (κ2) is 9.23. The quantitative estimate of drug-likeness (QED) is 0.339. The van der Waals surface area contributed by atoms with Gasteiger partial charge >= 0.3 is 12.4 Å². The van der Waals surface area contributed by atoms with Gasteiger partial charge in [-0.3, -0.25) is 0 Å². The van der Waals surface area contributed by atoms with E-state index in [0.29, 0.717) is 23.5 Å². The number of hydrogen-bond donors (Lipinski definition) is 0. The first-order valence-electron chi connectivity index (χ1n) is 11.0. The lowest BCUT2D eigenvalue weighted by Gasteiger charge is -2.25. The number of halogens is 6. The van der Waals surface area contributed by atoms with Crippen LogP contribution in [0.2, 0.25) is 0 Å². The van der Waals surface area contributed by atoms with Crippen molar-refractivity contribution in [2.24, 2.45) is 14.1 Å². The van der Waals surface area contributed by atoms with E-state index in [1.54, 1.807) is 19.0 Å². The SMILES string of the molecule is Cc1cc2cc(CN(Cc3cc(C(F)(F)F)cc(C(F)(F)F)c3)c3nnn(C)n3)c(N(C)C)nc2n1C. The maximum Gasteiger partial charge on any atom is 0.416 e. The lowest BCUT2D eigenvalue weighted by atomic mass is 10.0. The Morgan fingerprint density at radius 3 is 2.00 bits per heavy atom. The van der Waals surface area contributed by atoms with Gasteiger partial charge in [-0.25, -0.2) is 4.98 Å².